The van der Waals surface area contributed by atoms with E-state index in [0.29, 0.717) is 24.6 Å². The number of urea groups is 1. The molecule has 1 aliphatic rings. The van der Waals surface area contributed by atoms with E-state index in [1.807, 2.05) is 38.1 Å². The maximum absolute atomic E-state index is 11.8. The van der Waals surface area contributed by atoms with Crippen LogP contribution in [0.25, 0.3) is 0 Å². The maximum Gasteiger partial charge on any atom is 0.315 e. The molecule has 0 spiro atoms. The molecule has 8 heteroatoms. The van der Waals surface area contributed by atoms with Crippen molar-refractivity contribution in [3.8, 4) is 6.07 Å². The molecule has 0 saturated carbocycles. The fraction of sp³-hybridized carbons (Fsp3) is 0.455. The van der Waals surface area contributed by atoms with E-state index in [1.54, 1.807) is 0 Å². The predicted molar refractivity (Wildman–Crippen MR) is 118 cm³/mol. The van der Waals surface area contributed by atoms with Crippen molar-refractivity contribution in [3.63, 3.8) is 0 Å². The van der Waals surface area contributed by atoms with Crippen molar-refractivity contribution in [3.05, 3.63) is 41.1 Å². The molecule has 0 aliphatic carbocycles. The largest absolute Gasteiger partial charge is 0.354 e. The molecule has 2 heterocycles. The SMILES string of the molecule is CCCc1cc(N2CC[C@H](NC(=O)NCC)C2)nc(Nc2ccc(C)c(C#N)c2)n1. The molecule has 0 radical (unpaired) electrons. The zero-order valence-electron chi connectivity index (χ0n) is 17.8. The third kappa shape index (κ3) is 5.38. The van der Waals surface area contributed by atoms with E-state index < -0.39 is 0 Å². The molecule has 1 aromatic carbocycles. The number of anilines is 3. The third-order valence-electron chi connectivity index (χ3n) is 5.07. The fourth-order valence-electron chi connectivity index (χ4n) is 3.52. The summed E-state index contributed by atoms with van der Waals surface area (Å²) in [5, 5.41) is 18.3. The van der Waals surface area contributed by atoms with Crippen LogP contribution in [0, 0.1) is 18.3 Å². The van der Waals surface area contributed by atoms with Crippen LogP contribution in [0.3, 0.4) is 0 Å². The van der Waals surface area contributed by atoms with Gasteiger partial charge in [0.1, 0.15) is 5.82 Å². The van der Waals surface area contributed by atoms with Gasteiger partial charge in [0.25, 0.3) is 0 Å². The van der Waals surface area contributed by atoms with Gasteiger partial charge in [-0.3, -0.25) is 0 Å². The summed E-state index contributed by atoms with van der Waals surface area (Å²) >= 11 is 0. The van der Waals surface area contributed by atoms with Gasteiger partial charge in [-0.15, -0.1) is 0 Å². The Hall–Kier alpha value is -3.34. The molecule has 1 aliphatic heterocycles. The Labute approximate surface area is 177 Å². The first-order valence-corrected chi connectivity index (χ1v) is 10.5. The molecule has 0 unspecified atom stereocenters. The van der Waals surface area contributed by atoms with Crippen LogP contribution in [-0.2, 0) is 6.42 Å². The summed E-state index contributed by atoms with van der Waals surface area (Å²) in [6, 6.07) is 9.85. The molecule has 1 aromatic heterocycles. The van der Waals surface area contributed by atoms with E-state index in [1.165, 1.54) is 0 Å². The third-order valence-corrected chi connectivity index (χ3v) is 5.07. The Morgan fingerprint density at radius 2 is 2.13 bits per heavy atom. The van der Waals surface area contributed by atoms with Gasteiger partial charge in [0.15, 0.2) is 0 Å². The minimum atomic E-state index is -0.131. The molecule has 3 rings (SSSR count). The second-order valence-electron chi connectivity index (χ2n) is 7.49. The van der Waals surface area contributed by atoms with Crippen molar-refractivity contribution in [2.75, 3.05) is 29.9 Å². The topological polar surface area (TPSA) is 106 Å². The van der Waals surface area contributed by atoms with Gasteiger partial charge >= 0.3 is 6.03 Å². The van der Waals surface area contributed by atoms with E-state index in [0.717, 1.165) is 48.6 Å². The lowest BCUT2D eigenvalue weighted by Crippen LogP contribution is -2.43. The Bertz CT molecular complexity index is 938. The summed E-state index contributed by atoms with van der Waals surface area (Å²) < 4.78 is 0. The number of aromatic nitrogens is 2. The summed E-state index contributed by atoms with van der Waals surface area (Å²) in [6.07, 6.45) is 2.72. The van der Waals surface area contributed by atoms with Crippen LogP contribution in [-0.4, -0.2) is 41.7 Å². The predicted octanol–water partition coefficient (Wildman–Crippen LogP) is 3.25. The Kier molecular flexibility index (Phi) is 7.07. The quantitative estimate of drug-likeness (QED) is 0.651. The van der Waals surface area contributed by atoms with E-state index in [9.17, 15) is 10.1 Å². The smallest absolute Gasteiger partial charge is 0.315 e. The lowest BCUT2D eigenvalue weighted by Gasteiger charge is -2.20. The molecule has 158 valence electrons. The summed E-state index contributed by atoms with van der Waals surface area (Å²) in [6.45, 7) is 8.08. The summed E-state index contributed by atoms with van der Waals surface area (Å²) in [5.74, 6) is 1.37. The first-order chi connectivity index (χ1) is 14.5. The molecule has 30 heavy (non-hydrogen) atoms. The number of rotatable bonds is 7. The molecule has 1 saturated heterocycles. The highest BCUT2D eigenvalue weighted by atomic mass is 16.2. The minimum absolute atomic E-state index is 0.0906. The number of nitrogens with zero attached hydrogens (tertiary/aromatic N) is 4. The number of aryl methyl sites for hydroxylation is 2. The van der Waals surface area contributed by atoms with E-state index in [4.69, 9.17) is 4.98 Å². The average molecular weight is 408 g/mol. The highest BCUT2D eigenvalue weighted by Gasteiger charge is 2.25. The van der Waals surface area contributed by atoms with Crippen LogP contribution in [0.5, 0.6) is 0 Å². The maximum atomic E-state index is 11.8. The van der Waals surface area contributed by atoms with Crippen molar-refractivity contribution in [2.45, 2.75) is 46.1 Å². The molecule has 2 amide bonds. The van der Waals surface area contributed by atoms with Crippen molar-refractivity contribution in [1.29, 1.82) is 5.26 Å². The van der Waals surface area contributed by atoms with Gasteiger partial charge in [-0.25, -0.2) is 9.78 Å². The van der Waals surface area contributed by atoms with Gasteiger partial charge in [-0.05, 0) is 44.4 Å². The molecule has 1 fully saturated rings. The highest BCUT2D eigenvalue weighted by molar-refractivity contribution is 5.74. The number of hydrogen-bond donors (Lipinski definition) is 3. The Balaban J connectivity index is 1.78. The van der Waals surface area contributed by atoms with Crippen LogP contribution >= 0.6 is 0 Å². The standard InChI is InChI=1S/C22H29N7O/c1-4-6-17-12-20(29-10-9-19(14-29)27-22(30)24-5-2)28-21(25-17)26-18-8-7-15(3)16(11-18)13-23/h7-8,11-12,19H,4-6,9-10,14H2,1-3H3,(H2,24,27,30)(H,25,26,28)/t19-/m0/s1. The Morgan fingerprint density at radius 1 is 1.30 bits per heavy atom. The number of amides is 2. The normalized spacial score (nSPS) is 15.5. The molecule has 2 aromatic rings. The van der Waals surface area contributed by atoms with Crippen molar-refractivity contribution in [1.82, 2.24) is 20.6 Å². The molecule has 0 bridgehead atoms. The van der Waals surface area contributed by atoms with Gasteiger partial charge in [0.2, 0.25) is 5.95 Å². The molecule has 3 N–H and O–H groups in total. The number of nitriles is 1. The first-order valence-electron chi connectivity index (χ1n) is 10.5. The van der Waals surface area contributed by atoms with Crippen molar-refractivity contribution < 1.29 is 4.79 Å². The molecule has 8 nitrogen and oxygen atoms in total. The summed E-state index contributed by atoms with van der Waals surface area (Å²) in [4.78, 5) is 23.4. The van der Waals surface area contributed by atoms with Crippen LogP contribution in [0.15, 0.2) is 24.3 Å². The average Bonchev–Trinajstić information content (AvgIpc) is 3.18. The fourth-order valence-corrected chi connectivity index (χ4v) is 3.52. The molecular weight excluding hydrogens is 378 g/mol. The van der Waals surface area contributed by atoms with Crippen LogP contribution < -0.4 is 20.9 Å². The number of carbonyl (C=O) groups excluding carboxylic acids is 1. The number of nitrogens with one attached hydrogen (secondary N) is 3. The van der Waals surface area contributed by atoms with Crippen LogP contribution in [0.2, 0.25) is 0 Å². The molecule has 1 atom stereocenters. The zero-order chi connectivity index (χ0) is 21.5. The number of carbonyl (C=O) groups is 1. The van der Waals surface area contributed by atoms with E-state index >= 15 is 0 Å². The second-order valence-corrected chi connectivity index (χ2v) is 7.49. The second kappa shape index (κ2) is 9.92. The van der Waals surface area contributed by atoms with Crippen LogP contribution in [0.4, 0.5) is 22.2 Å². The summed E-state index contributed by atoms with van der Waals surface area (Å²) in [5.41, 5.74) is 3.32. The lowest BCUT2D eigenvalue weighted by molar-refractivity contribution is 0.238. The zero-order valence-corrected chi connectivity index (χ0v) is 17.8. The summed E-state index contributed by atoms with van der Waals surface area (Å²) in [7, 11) is 0. The highest BCUT2D eigenvalue weighted by Crippen LogP contribution is 2.24. The first kappa shape index (κ1) is 21.4. The van der Waals surface area contributed by atoms with Gasteiger partial charge < -0.3 is 20.9 Å². The van der Waals surface area contributed by atoms with Gasteiger partial charge in [-0.1, -0.05) is 19.4 Å². The molecular formula is C22H29N7O. The van der Waals surface area contributed by atoms with E-state index in [-0.39, 0.29) is 12.1 Å². The number of benzene rings is 1. The van der Waals surface area contributed by atoms with Crippen molar-refractivity contribution in [2.24, 2.45) is 0 Å². The number of hydrogen-bond acceptors (Lipinski definition) is 6. The van der Waals surface area contributed by atoms with E-state index in [2.05, 4.69) is 38.8 Å². The lowest BCUT2D eigenvalue weighted by atomic mass is 10.1. The van der Waals surface area contributed by atoms with Gasteiger partial charge in [0.05, 0.1) is 11.6 Å². The van der Waals surface area contributed by atoms with Gasteiger partial charge in [0, 0.05) is 43.1 Å². The van der Waals surface area contributed by atoms with Crippen molar-refractivity contribution >= 4 is 23.5 Å². The Morgan fingerprint density at radius 3 is 2.87 bits per heavy atom. The minimum Gasteiger partial charge on any atom is -0.354 e. The van der Waals surface area contributed by atoms with Gasteiger partial charge in [-0.2, -0.15) is 10.2 Å². The monoisotopic (exact) mass is 407 g/mol. The van der Waals surface area contributed by atoms with Crippen LogP contribution in [0.1, 0.15) is 43.5 Å².